The van der Waals surface area contributed by atoms with Crippen molar-refractivity contribution in [2.45, 2.75) is 25.2 Å². The van der Waals surface area contributed by atoms with Gasteiger partial charge >= 0.3 is 7.12 Å². The van der Waals surface area contributed by atoms with Gasteiger partial charge in [-0.25, -0.2) is 0 Å². The molecule has 0 radical (unpaired) electrons. The van der Waals surface area contributed by atoms with Crippen LogP contribution in [-0.4, -0.2) is 29.8 Å². The van der Waals surface area contributed by atoms with E-state index in [1.54, 1.807) is 0 Å². The predicted octanol–water partition coefficient (Wildman–Crippen LogP) is -0.789. The molecule has 1 atom stereocenters. The molecule has 52 valence electrons. The molecule has 1 aliphatic rings. The zero-order valence-corrected chi connectivity index (χ0v) is 5.38. The highest BCUT2D eigenvalue weighted by Gasteiger charge is 2.19. The highest BCUT2D eigenvalue weighted by molar-refractivity contribution is 6.41. The first-order valence-electron chi connectivity index (χ1n) is 3.38. The summed E-state index contributed by atoms with van der Waals surface area (Å²) in [5.41, 5.74) is 0. The first-order valence-corrected chi connectivity index (χ1v) is 3.38. The normalized spacial score (nSPS) is 26.7. The number of rotatable bonds is 2. The Hall–Kier alpha value is -0.0551. The molecule has 0 spiro atoms. The van der Waals surface area contributed by atoms with Crippen molar-refractivity contribution in [2.75, 3.05) is 6.54 Å². The smallest absolute Gasteiger partial charge is 0.427 e. The second kappa shape index (κ2) is 3.20. The van der Waals surface area contributed by atoms with Gasteiger partial charge in [-0.1, -0.05) is 0 Å². The van der Waals surface area contributed by atoms with E-state index in [2.05, 4.69) is 5.32 Å². The van der Waals surface area contributed by atoms with Gasteiger partial charge in [-0.05, 0) is 25.7 Å². The van der Waals surface area contributed by atoms with Gasteiger partial charge < -0.3 is 15.4 Å². The Balaban J connectivity index is 2.11. The summed E-state index contributed by atoms with van der Waals surface area (Å²) in [5.74, 6) is 0. The van der Waals surface area contributed by atoms with Crippen molar-refractivity contribution in [3.63, 3.8) is 0 Å². The summed E-state index contributed by atoms with van der Waals surface area (Å²) in [6.07, 6.45) is 2.72. The van der Waals surface area contributed by atoms with Gasteiger partial charge in [0, 0.05) is 6.04 Å². The lowest BCUT2D eigenvalue weighted by Crippen LogP contribution is -2.27. The molecule has 0 aromatic carbocycles. The molecule has 4 heteroatoms. The van der Waals surface area contributed by atoms with E-state index in [0.717, 1.165) is 19.4 Å². The number of hydrogen-bond acceptors (Lipinski definition) is 3. The zero-order valence-electron chi connectivity index (χ0n) is 5.38. The van der Waals surface area contributed by atoms with Crippen LogP contribution >= 0.6 is 0 Å². The molecule has 0 unspecified atom stereocenters. The molecule has 3 N–H and O–H groups in total. The Morgan fingerprint density at radius 1 is 1.56 bits per heavy atom. The maximum atomic E-state index is 8.53. The van der Waals surface area contributed by atoms with Crippen molar-refractivity contribution >= 4 is 7.12 Å². The van der Waals surface area contributed by atoms with E-state index < -0.39 is 7.12 Å². The van der Waals surface area contributed by atoms with Gasteiger partial charge in [-0.2, -0.15) is 0 Å². The topological polar surface area (TPSA) is 52.5 Å². The fraction of sp³-hybridized carbons (Fsp3) is 1.00. The van der Waals surface area contributed by atoms with E-state index in [0.29, 0.717) is 12.4 Å². The largest absolute Gasteiger partial charge is 0.453 e. The molecule has 0 bridgehead atoms. The lowest BCUT2D eigenvalue weighted by atomic mass is 9.81. The molecule has 1 heterocycles. The Kier molecular flexibility index (Phi) is 2.51. The second-order valence-corrected chi connectivity index (χ2v) is 2.51. The maximum Gasteiger partial charge on any atom is 0.453 e. The Labute approximate surface area is 55.2 Å². The molecule has 1 fully saturated rings. The lowest BCUT2D eigenvalue weighted by Gasteiger charge is -2.06. The van der Waals surface area contributed by atoms with Crippen LogP contribution < -0.4 is 5.32 Å². The fourth-order valence-corrected chi connectivity index (χ4v) is 1.21. The lowest BCUT2D eigenvalue weighted by molar-refractivity contribution is 0.394. The third kappa shape index (κ3) is 2.34. The summed E-state index contributed by atoms with van der Waals surface area (Å²) in [6, 6.07) is 0.338. The van der Waals surface area contributed by atoms with Crippen molar-refractivity contribution in [1.29, 1.82) is 0 Å². The van der Waals surface area contributed by atoms with Crippen molar-refractivity contribution in [3.05, 3.63) is 0 Å². The zero-order chi connectivity index (χ0) is 6.69. The minimum Gasteiger partial charge on any atom is -0.427 e. The van der Waals surface area contributed by atoms with Crippen LogP contribution in [0, 0.1) is 0 Å². The first-order chi connectivity index (χ1) is 4.29. The van der Waals surface area contributed by atoms with Crippen molar-refractivity contribution in [3.8, 4) is 0 Å². The second-order valence-electron chi connectivity index (χ2n) is 2.51. The molecule has 0 aromatic heterocycles. The van der Waals surface area contributed by atoms with E-state index >= 15 is 0 Å². The third-order valence-corrected chi connectivity index (χ3v) is 1.66. The quantitative estimate of drug-likeness (QED) is 0.428. The van der Waals surface area contributed by atoms with Crippen LogP contribution in [0.15, 0.2) is 0 Å². The average molecular weight is 129 g/mol. The molecule has 9 heavy (non-hydrogen) atoms. The molecule has 0 aromatic rings. The number of hydrogen-bond donors (Lipinski definition) is 3. The van der Waals surface area contributed by atoms with Gasteiger partial charge in [-0.15, -0.1) is 0 Å². The SMILES string of the molecule is OB(O)C[C@H]1CCCN1. The van der Waals surface area contributed by atoms with Crippen molar-refractivity contribution in [1.82, 2.24) is 5.32 Å². The molecular weight excluding hydrogens is 117 g/mol. The maximum absolute atomic E-state index is 8.53. The van der Waals surface area contributed by atoms with Crippen LogP contribution in [0.1, 0.15) is 12.8 Å². The minimum absolute atomic E-state index is 0.338. The van der Waals surface area contributed by atoms with Gasteiger partial charge in [0.2, 0.25) is 0 Å². The highest BCUT2D eigenvalue weighted by atomic mass is 16.4. The van der Waals surface area contributed by atoms with Crippen LogP contribution in [0.4, 0.5) is 0 Å². The molecule has 0 amide bonds. The first kappa shape index (κ1) is 7.06. The van der Waals surface area contributed by atoms with Gasteiger partial charge in [0.05, 0.1) is 0 Å². The van der Waals surface area contributed by atoms with Crippen LogP contribution in [0.5, 0.6) is 0 Å². The van der Waals surface area contributed by atoms with Gasteiger partial charge in [0.1, 0.15) is 0 Å². The van der Waals surface area contributed by atoms with E-state index in [-0.39, 0.29) is 0 Å². The van der Waals surface area contributed by atoms with E-state index in [1.807, 2.05) is 0 Å². The summed E-state index contributed by atoms with van der Waals surface area (Å²) in [7, 11) is -1.14. The molecule has 1 aliphatic heterocycles. The van der Waals surface area contributed by atoms with Gasteiger partial charge in [-0.3, -0.25) is 0 Å². The summed E-state index contributed by atoms with van der Waals surface area (Å²) in [6.45, 7) is 1.03. The molecule has 0 saturated carbocycles. The van der Waals surface area contributed by atoms with Crippen LogP contribution in [-0.2, 0) is 0 Å². The van der Waals surface area contributed by atoms with Crippen LogP contribution in [0.2, 0.25) is 6.32 Å². The summed E-state index contributed by atoms with van der Waals surface area (Å²) in [4.78, 5) is 0. The van der Waals surface area contributed by atoms with E-state index in [4.69, 9.17) is 10.0 Å². The molecular formula is C5H12BNO2. The molecule has 1 saturated heterocycles. The Morgan fingerprint density at radius 3 is 2.78 bits per heavy atom. The number of nitrogens with one attached hydrogen (secondary N) is 1. The van der Waals surface area contributed by atoms with Crippen molar-refractivity contribution in [2.24, 2.45) is 0 Å². The predicted molar refractivity (Wildman–Crippen MR) is 36.0 cm³/mol. The Morgan fingerprint density at radius 2 is 2.33 bits per heavy atom. The van der Waals surface area contributed by atoms with Gasteiger partial charge in [0.15, 0.2) is 0 Å². The summed E-state index contributed by atoms with van der Waals surface area (Å²) in [5, 5.41) is 20.2. The van der Waals surface area contributed by atoms with Gasteiger partial charge in [0.25, 0.3) is 0 Å². The molecule has 3 nitrogen and oxygen atoms in total. The van der Waals surface area contributed by atoms with Crippen molar-refractivity contribution < 1.29 is 10.0 Å². The minimum atomic E-state index is -1.14. The monoisotopic (exact) mass is 129 g/mol. The molecule has 1 rings (SSSR count). The van der Waals surface area contributed by atoms with Crippen LogP contribution in [0.3, 0.4) is 0 Å². The standard InChI is InChI=1S/C5H12BNO2/c8-6(9)4-5-2-1-3-7-5/h5,7-9H,1-4H2/t5-/m1/s1. The molecule has 0 aliphatic carbocycles. The fourth-order valence-electron chi connectivity index (χ4n) is 1.21. The van der Waals surface area contributed by atoms with Crippen LogP contribution in [0.25, 0.3) is 0 Å². The summed E-state index contributed by atoms with van der Waals surface area (Å²) >= 11 is 0. The average Bonchev–Trinajstić information content (AvgIpc) is 2.15. The highest BCUT2D eigenvalue weighted by Crippen LogP contribution is 2.09. The summed E-state index contributed by atoms with van der Waals surface area (Å²) < 4.78 is 0. The van der Waals surface area contributed by atoms with E-state index in [9.17, 15) is 0 Å². The Bertz CT molecular complexity index is 83.0. The van der Waals surface area contributed by atoms with E-state index in [1.165, 1.54) is 0 Å². The third-order valence-electron chi connectivity index (χ3n) is 1.66.